The zero-order chi connectivity index (χ0) is 20.4. The molecule has 0 saturated carbocycles. The van der Waals surface area contributed by atoms with Crippen LogP contribution in [0.2, 0.25) is 0 Å². The van der Waals surface area contributed by atoms with Crippen molar-refractivity contribution in [3.05, 3.63) is 70.8 Å². The molecule has 1 fully saturated rings. The molecule has 0 bridgehead atoms. The Kier molecular flexibility index (Phi) is 7.24. The molecule has 0 amide bonds. The van der Waals surface area contributed by atoms with Crippen LogP contribution in [0.1, 0.15) is 35.1 Å². The largest absolute Gasteiger partial charge is 0.416 e. The maximum Gasteiger partial charge on any atom is 0.416 e. The average molecular weight is 440 g/mol. The summed E-state index contributed by atoms with van der Waals surface area (Å²) in [5.41, 5.74) is -1.05. The highest BCUT2D eigenvalue weighted by atomic mass is 35.5. The number of halogens is 7. The first kappa shape index (κ1) is 23.5. The monoisotopic (exact) mass is 439 g/mol. The lowest BCUT2D eigenvalue weighted by Crippen LogP contribution is -2.41. The standard InChI is InChI=1S/C20H19F6NO.ClH/c21-19(22,23)16-3-1-14(2-4-16)13-28-18(9-11-27-12-10-18)15-5-7-17(8-6-15)20(24,25)26;/h1-8,27H,9-13H2;1H. The van der Waals surface area contributed by atoms with Crippen LogP contribution < -0.4 is 5.32 Å². The van der Waals surface area contributed by atoms with Gasteiger partial charge >= 0.3 is 12.4 Å². The van der Waals surface area contributed by atoms with E-state index in [1.807, 2.05) is 0 Å². The van der Waals surface area contributed by atoms with Crippen LogP contribution in [0.5, 0.6) is 0 Å². The van der Waals surface area contributed by atoms with E-state index in [1.54, 1.807) is 0 Å². The predicted octanol–water partition coefficient (Wildman–Crippen LogP) is 5.94. The molecule has 1 N–H and O–H groups in total. The van der Waals surface area contributed by atoms with Crippen LogP contribution in [0.25, 0.3) is 0 Å². The Labute approximate surface area is 170 Å². The maximum atomic E-state index is 12.8. The Morgan fingerprint density at radius 2 is 1.21 bits per heavy atom. The highest BCUT2D eigenvalue weighted by Gasteiger charge is 2.37. The van der Waals surface area contributed by atoms with Gasteiger partial charge in [-0.3, -0.25) is 0 Å². The predicted molar refractivity (Wildman–Crippen MR) is 98.7 cm³/mol. The molecular weight excluding hydrogens is 420 g/mol. The van der Waals surface area contributed by atoms with Crippen molar-refractivity contribution in [2.45, 2.75) is 37.4 Å². The summed E-state index contributed by atoms with van der Waals surface area (Å²) in [4.78, 5) is 0. The molecule has 0 aliphatic carbocycles. The summed E-state index contributed by atoms with van der Waals surface area (Å²) in [7, 11) is 0. The van der Waals surface area contributed by atoms with Crippen LogP contribution in [0, 0.1) is 0 Å². The highest BCUT2D eigenvalue weighted by molar-refractivity contribution is 5.85. The molecule has 0 atom stereocenters. The summed E-state index contributed by atoms with van der Waals surface area (Å²) in [6, 6.07) is 9.58. The van der Waals surface area contributed by atoms with Gasteiger partial charge in [0.2, 0.25) is 0 Å². The third-order valence-electron chi connectivity index (χ3n) is 4.95. The molecule has 0 radical (unpaired) electrons. The van der Waals surface area contributed by atoms with Crippen LogP contribution in [-0.4, -0.2) is 13.1 Å². The molecule has 29 heavy (non-hydrogen) atoms. The minimum Gasteiger partial charge on any atom is -0.366 e. The fraction of sp³-hybridized carbons (Fsp3) is 0.400. The van der Waals surface area contributed by atoms with Crippen LogP contribution >= 0.6 is 12.4 Å². The van der Waals surface area contributed by atoms with E-state index in [1.165, 1.54) is 24.3 Å². The normalized spacial score (nSPS) is 16.9. The number of piperidine rings is 1. The maximum absolute atomic E-state index is 12.8. The third kappa shape index (κ3) is 5.65. The van der Waals surface area contributed by atoms with Crippen LogP contribution in [-0.2, 0) is 29.3 Å². The number of ether oxygens (including phenoxy) is 1. The number of alkyl halides is 6. The molecule has 1 heterocycles. The van der Waals surface area contributed by atoms with Crippen molar-refractivity contribution >= 4 is 12.4 Å². The quantitative estimate of drug-likeness (QED) is 0.595. The van der Waals surface area contributed by atoms with Crippen molar-refractivity contribution in [1.82, 2.24) is 5.32 Å². The van der Waals surface area contributed by atoms with Crippen molar-refractivity contribution in [2.24, 2.45) is 0 Å². The first-order valence-electron chi connectivity index (χ1n) is 8.79. The topological polar surface area (TPSA) is 21.3 Å². The van der Waals surface area contributed by atoms with Crippen LogP contribution in [0.4, 0.5) is 26.3 Å². The molecule has 160 valence electrons. The molecule has 0 spiro atoms. The molecule has 0 aromatic heterocycles. The van der Waals surface area contributed by atoms with Crippen molar-refractivity contribution < 1.29 is 31.1 Å². The average Bonchev–Trinajstić information content (AvgIpc) is 2.66. The van der Waals surface area contributed by atoms with E-state index in [2.05, 4.69) is 5.32 Å². The Morgan fingerprint density at radius 3 is 1.66 bits per heavy atom. The van der Waals surface area contributed by atoms with Gasteiger partial charge in [0.05, 0.1) is 23.3 Å². The number of hydrogen-bond acceptors (Lipinski definition) is 2. The Balaban J connectivity index is 0.00000300. The summed E-state index contributed by atoms with van der Waals surface area (Å²) in [6.07, 6.45) is -7.71. The molecule has 9 heteroatoms. The van der Waals surface area contributed by atoms with Crippen LogP contribution in [0.15, 0.2) is 48.5 Å². The van der Waals surface area contributed by atoms with Gasteiger partial charge in [-0.25, -0.2) is 0 Å². The number of benzene rings is 2. The van der Waals surface area contributed by atoms with Gasteiger partial charge < -0.3 is 10.1 Å². The van der Waals surface area contributed by atoms with Crippen molar-refractivity contribution in [3.8, 4) is 0 Å². The lowest BCUT2D eigenvalue weighted by atomic mass is 9.84. The molecule has 1 aliphatic rings. The van der Waals surface area contributed by atoms with Gasteiger partial charge in [0.15, 0.2) is 0 Å². The van der Waals surface area contributed by atoms with E-state index in [9.17, 15) is 26.3 Å². The molecule has 0 unspecified atom stereocenters. The minimum atomic E-state index is -4.42. The van der Waals surface area contributed by atoms with E-state index in [0.717, 1.165) is 24.3 Å². The van der Waals surface area contributed by atoms with E-state index >= 15 is 0 Å². The van der Waals surface area contributed by atoms with E-state index < -0.39 is 29.1 Å². The lowest BCUT2D eigenvalue weighted by molar-refractivity contribution is -0.138. The molecule has 1 aliphatic heterocycles. The Hall–Kier alpha value is -1.77. The summed E-state index contributed by atoms with van der Waals surface area (Å²) in [5.74, 6) is 0. The summed E-state index contributed by atoms with van der Waals surface area (Å²) < 4.78 is 82.6. The lowest BCUT2D eigenvalue weighted by Gasteiger charge is -2.38. The number of rotatable bonds is 4. The van der Waals surface area contributed by atoms with Crippen molar-refractivity contribution in [2.75, 3.05) is 13.1 Å². The first-order chi connectivity index (χ1) is 13.1. The number of nitrogens with one attached hydrogen (secondary N) is 1. The molecule has 2 aromatic rings. The van der Waals surface area contributed by atoms with Gasteiger partial charge in [0.1, 0.15) is 0 Å². The van der Waals surface area contributed by atoms with Crippen LogP contribution in [0.3, 0.4) is 0 Å². The fourth-order valence-electron chi connectivity index (χ4n) is 3.32. The summed E-state index contributed by atoms with van der Waals surface area (Å²) in [5, 5.41) is 3.18. The molecule has 3 rings (SSSR count). The number of hydrogen-bond donors (Lipinski definition) is 1. The second kappa shape index (κ2) is 8.93. The van der Waals surface area contributed by atoms with Gasteiger partial charge in [-0.2, -0.15) is 26.3 Å². The second-order valence-corrected chi connectivity index (χ2v) is 6.80. The summed E-state index contributed by atoms with van der Waals surface area (Å²) >= 11 is 0. The van der Waals surface area contributed by atoms with Crippen molar-refractivity contribution in [3.63, 3.8) is 0 Å². The van der Waals surface area contributed by atoms with Gasteiger partial charge in [-0.1, -0.05) is 24.3 Å². The molecule has 2 nitrogen and oxygen atoms in total. The minimum absolute atomic E-state index is 0. The highest BCUT2D eigenvalue weighted by Crippen LogP contribution is 2.38. The van der Waals surface area contributed by atoms with Gasteiger partial charge in [-0.15, -0.1) is 12.4 Å². The Morgan fingerprint density at radius 1 is 0.759 bits per heavy atom. The van der Waals surface area contributed by atoms with Crippen molar-refractivity contribution in [1.29, 1.82) is 0 Å². The summed E-state index contributed by atoms with van der Waals surface area (Å²) in [6.45, 7) is 1.33. The second-order valence-electron chi connectivity index (χ2n) is 6.80. The van der Waals surface area contributed by atoms with E-state index in [-0.39, 0.29) is 19.0 Å². The van der Waals surface area contributed by atoms with Gasteiger partial charge in [0.25, 0.3) is 0 Å². The zero-order valence-corrected chi connectivity index (χ0v) is 16.1. The SMILES string of the molecule is Cl.FC(F)(F)c1ccc(COC2(c3ccc(C(F)(F)F)cc3)CCNCC2)cc1. The van der Waals surface area contributed by atoms with Gasteiger partial charge in [-0.05, 0) is 61.3 Å². The fourth-order valence-corrected chi connectivity index (χ4v) is 3.32. The molecule has 1 saturated heterocycles. The molecule has 2 aromatic carbocycles. The Bertz CT molecular complexity index is 781. The zero-order valence-electron chi connectivity index (χ0n) is 15.2. The smallest absolute Gasteiger partial charge is 0.366 e. The third-order valence-corrected chi connectivity index (χ3v) is 4.95. The first-order valence-corrected chi connectivity index (χ1v) is 8.79. The molecular formula is C20H20ClF6NO. The van der Waals surface area contributed by atoms with E-state index in [4.69, 9.17) is 4.74 Å². The van der Waals surface area contributed by atoms with Gasteiger partial charge in [0, 0.05) is 0 Å². The van der Waals surface area contributed by atoms with E-state index in [0.29, 0.717) is 37.1 Å².